The highest BCUT2D eigenvalue weighted by Gasteiger charge is 2.15. The molecule has 8 heteroatoms. The first-order valence-corrected chi connectivity index (χ1v) is 8.82. The quantitative estimate of drug-likeness (QED) is 0.833. The third-order valence-electron chi connectivity index (χ3n) is 4.81. The van der Waals surface area contributed by atoms with E-state index >= 15 is 0 Å². The molecule has 2 aromatic rings. The number of carbonyl (C=O) groups is 1. The molecule has 0 bridgehead atoms. The van der Waals surface area contributed by atoms with Crippen molar-refractivity contribution in [2.24, 2.45) is 0 Å². The SMILES string of the molecule is Cl.Cl.O=C(NCc1cc2n(n1)CCCNC2)c1cnc2c(c1)CCCC2. The van der Waals surface area contributed by atoms with Crippen LogP contribution < -0.4 is 10.6 Å². The van der Waals surface area contributed by atoms with Crippen LogP contribution in [-0.4, -0.2) is 27.2 Å². The van der Waals surface area contributed by atoms with E-state index in [1.165, 1.54) is 24.1 Å². The van der Waals surface area contributed by atoms with Crippen LogP contribution in [0.5, 0.6) is 0 Å². The molecule has 2 aliphatic rings. The average molecular weight is 398 g/mol. The molecule has 2 N–H and O–H groups in total. The van der Waals surface area contributed by atoms with E-state index in [4.69, 9.17) is 0 Å². The maximum absolute atomic E-state index is 12.4. The Morgan fingerprint density at radius 2 is 2.04 bits per heavy atom. The lowest BCUT2D eigenvalue weighted by molar-refractivity contribution is 0.0950. The van der Waals surface area contributed by atoms with Gasteiger partial charge in [-0.15, -0.1) is 24.8 Å². The maximum atomic E-state index is 12.4. The van der Waals surface area contributed by atoms with Gasteiger partial charge in [-0.05, 0) is 56.3 Å². The van der Waals surface area contributed by atoms with E-state index in [0.29, 0.717) is 12.1 Å². The molecule has 0 fully saturated rings. The van der Waals surface area contributed by atoms with Gasteiger partial charge in [0.05, 0.1) is 23.5 Å². The van der Waals surface area contributed by atoms with Crippen LogP contribution >= 0.6 is 24.8 Å². The summed E-state index contributed by atoms with van der Waals surface area (Å²) in [4.78, 5) is 16.9. The molecule has 0 saturated heterocycles. The van der Waals surface area contributed by atoms with Crippen LogP contribution in [0.1, 0.15) is 52.3 Å². The summed E-state index contributed by atoms with van der Waals surface area (Å²) in [6, 6.07) is 4.08. The van der Waals surface area contributed by atoms with Crippen LogP contribution in [-0.2, 0) is 32.5 Å². The standard InChI is InChI=1S/C18H23N5O.2ClH/c24-18(14-8-13-4-1-2-5-17(13)20-10-14)21-11-15-9-16-12-19-6-3-7-23(16)22-15;;/h8-10,19H,1-7,11-12H2,(H,21,24);2*1H. The molecule has 3 heterocycles. The van der Waals surface area contributed by atoms with Crippen molar-refractivity contribution in [1.82, 2.24) is 25.4 Å². The van der Waals surface area contributed by atoms with Crippen LogP contribution in [0.2, 0.25) is 0 Å². The largest absolute Gasteiger partial charge is 0.346 e. The molecule has 0 radical (unpaired) electrons. The smallest absolute Gasteiger partial charge is 0.253 e. The number of amides is 1. The van der Waals surface area contributed by atoms with E-state index < -0.39 is 0 Å². The maximum Gasteiger partial charge on any atom is 0.253 e. The van der Waals surface area contributed by atoms with Crippen molar-refractivity contribution in [2.75, 3.05) is 6.54 Å². The summed E-state index contributed by atoms with van der Waals surface area (Å²) in [6.07, 6.45) is 7.24. The van der Waals surface area contributed by atoms with E-state index in [0.717, 1.165) is 50.3 Å². The predicted octanol–water partition coefficient (Wildman–Crippen LogP) is 2.42. The molecule has 6 nitrogen and oxygen atoms in total. The molecule has 0 atom stereocenters. The van der Waals surface area contributed by atoms with Crippen molar-refractivity contribution < 1.29 is 4.79 Å². The lowest BCUT2D eigenvalue weighted by Gasteiger charge is -2.15. The van der Waals surface area contributed by atoms with Crippen LogP contribution in [0.25, 0.3) is 0 Å². The predicted molar refractivity (Wildman–Crippen MR) is 105 cm³/mol. The Hall–Kier alpha value is -1.63. The first-order chi connectivity index (χ1) is 11.8. The highest BCUT2D eigenvalue weighted by atomic mass is 35.5. The van der Waals surface area contributed by atoms with E-state index in [1.807, 2.05) is 10.7 Å². The van der Waals surface area contributed by atoms with E-state index in [2.05, 4.69) is 26.8 Å². The van der Waals surface area contributed by atoms with Gasteiger partial charge in [-0.2, -0.15) is 5.10 Å². The molecule has 1 aliphatic heterocycles. The fourth-order valence-electron chi connectivity index (χ4n) is 3.49. The minimum Gasteiger partial charge on any atom is -0.346 e. The first kappa shape index (κ1) is 20.7. The lowest BCUT2D eigenvalue weighted by Crippen LogP contribution is -2.24. The summed E-state index contributed by atoms with van der Waals surface area (Å²) in [5.74, 6) is -0.0720. The molecule has 1 amide bonds. The van der Waals surface area contributed by atoms with Crippen molar-refractivity contribution >= 4 is 30.7 Å². The highest BCUT2D eigenvalue weighted by Crippen LogP contribution is 2.20. The van der Waals surface area contributed by atoms with E-state index in [9.17, 15) is 4.79 Å². The summed E-state index contributed by atoms with van der Waals surface area (Å²) in [7, 11) is 0. The van der Waals surface area contributed by atoms with Gasteiger partial charge in [0.1, 0.15) is 0 Å². The molecule has 0 unspecified atom stereocenters. The lowest BCUT2D eigenvalue weighted by atomic mass is 9.95. The average Bonchev–Trinajstić information content (AvgIpc) is 2.88. The van der Waals surface area contributed by atoms with Gasteiger partial charge in [0.25, 0.3) is 5.91 Å². The summed E-state index contributed by atoms with van der Waals surface area (Å²) in [5.41, 5.74) is 5.13. The number of carbonyl (C=O) groups excluding carboxylic acids is 1. The Balaban J connectivity index is 0.00000121. The van der Waals surface area contributed by atoms with Crippen molar-refractivity contribution in [1.29, 1.82) is 0 Å². The van der Waals surface area contributed by atoms with E-state index in [-0.39, 0.29) is 30.7 Å². The number of halogens is 2. The van der Waals surface area contributed by atoms with Gasteiger partial charge in [0.2, 0.25) is 0 Å². The van der Waals surface area contributed by atoms with Crippen molar-refractivity contribution in [3.05, 3.63) is 46.5 Å². The monoisotopic (exact) mass is 397 g/mol. The Labute approximate surface area is 166 Å². The Bertz CT molecular complexity index is 739. The van der Waals surface area contributed by atoms with Gasteiger partial charge in [-0.3, -0.25) is 14.5 Å². The second-order valence-electron chi connectivity index (χ2n) is 6.60. The number of nitrogens with one attached hydrogen (secondary N) is 2. The zero-order valence-electron chi connectivity index (χ0n) is 14.7. The van der Waals surface area contributed by atoms with Crippen molar-refractivity contribution in [3.63, 3.8) is 0 Å². The number of hydrogen-bond acceptors (Lipinski definition) is 4. The van der Waals surface area contributed by atoms with Gasteiger partial charge in [-0.25, -0.2) is 0 Å². The fraction of sp³-hybridized carbons (Fsp3) is 0.500. The minimum atomic E-state index is -0.0720. The van der Waals surface area contributed by atoms with Crippen LogP contribution in [0.3, 0.4) is 0 Å². The molecule has 26 heavy (non-hydrogen) atoms. The third-order valence-corrected chi connectivity index (χ3v) is 4.81. The zero-order chi connectivity index (χ0) is 16.4. The number of hydrogen-bond donors (Lipinski definition) is 2. The summed E-state index contributed by atoms with van der Waals surface area (Å²) < 4.78 is 2.04. The Kier molecular flexibility index (Phi) is 7.43. The van der Waals surface area contributed by atoms with Crippen LogP contribution in [0.15, 0.2) is 18.3 Å². The third kappa shape index (κ3) is 4.55. The number of aromatic nitrogens is 3. The second kappa shape index (κ2) is 9.35. The Morgan fingerprint density at radius 1 is 1.19 bits per heavy atom. The number of nitrogens with zero attached hydrogens (tertiary/aromatic N) is 3. The van der Waals surface area contributed by atoms with Gasteiger partial charge in [0, 0.05) is 25.0 Å². The molecular weight excluding hydrogens is 373 g/mol. The molecule has 1 aliphatic carbocycles. The molecule has 142 valence electrons. The molecule has 4 rings (SSSR count). The summed E-state index contributed by atoms with van der Waals surface area (Å²) in [5, 5.41) is 10.9. The highest BCUT2D eigenvalue weighted by molar-refractivity contribution is 5.94. The Morgan fingerprint density at radius 3 is 2.92 bits per heavy atom. The van der Waals surface area contributed by atoms with Gasteiger partial charge < -0.3 is 10.6 Å². The van der Waals surface area contributed by atoms with Crippen LogP contribution in [0, 0.1) is 0 Å². The number of aryl methyl sites for hydroxylation is 3. The summed E-state index contributed by atoms with van der Waals surface area (Å²) >= 11 is 0. The molecule has 2 aromatic heterocycles. The molecular formula is C18H25Cl2N5O. The van der Waals surface area contributed by atoms with Gasteiger partial charge in [-0.1, -0.05) is 0 Å². The van der Waals surface area contributed by atoms with Gasteiger partial charge in [0.15, 0.2) is 0 Å². The zero-order valence-corrected chi connectivity index (χ0v) is 16.3. The van der Waals surface area contributed by atoms with Gasteiger partial charge >= 0.3 is 0 Å². The van der Waals surface area contributed by atoms with Crippen molar-refractivity contribution in [3.8, 4) is 0 Å². The van der Waals surface area contributed by atoms with Crippen molar-refractivity contribution in [2.45, 2.75) is 51.7 Å². The fourth-order valence-corrected chi connectivity index (χ4v) is 3.49. The number of rotatable bonds is 3. The normalized spacial score (nSPS) is 15.5. The second-order valence-corrected chi connectivity index (χ2v) is 6.60. The topological polar surface area (TPSA) is 71.8 Å². The molecule has 0 saturated carbocycles. The number of fused-ring (bicyclic) bond motifs is 2. The molecule has 0 spiro atoms. The first-order valence-electron chi connectivity index (χ1n) is 8.82. The minimum absolute atomic E-state index is 0. The number of pyridine rings is 1. The summed E-state index contributed by atoms with van der Waals surface area (Å²) in [6.45, 7) is 3.26. The van der Waals surface area contributed by atoms with Crippen LogP contribution in [0.4, 0.5) is 0 Å². The molecule has 0 aromatic carbocycles. The van der Waals surface area contributed by atoms with E-state index in [1.54, 1.807) is 6.20 Å².